The molecule has 132 valence electrons. The standard InChI is InChI=1S/C21H39BO/c1-9-11-13-15-17-20(16-14-12-10-2)22(23-19(5)6)21(7,8)18(3)4/h16,18-19H,9-14H2,1-8H3/b20-16-. The van der Waals surface area contributed by atoms with Crippen LogP contribution in [-0.2, 0) is 4.65 Å². The van der Waals surface area contributed by atoms with Crippen LogP contribution < -0.4 is 0 Å². The summed E-state index contributed by atoms with van der Waals surface area (Å²) in [5.41, 5.74) is 1.20. The Bertz CT molecular complexity index is 396. The van der Waals surface area contributed by atoms with Crippen molar-refractivity contribution in [1.82, 2.24) is 0 Å². The predicted octanol–water partition coefficient (Wildman–Crippen LogP) is 6.69. The number of hydrogen-bond acceptors (Lipinski definition) is 1. The average Bonchev–Trinajstić information content (AvgIpc) is 2.47. The third kappa shape index (κ3) is 8.66. The van der Waals surface area contributed by atoms with E-state index < -0.39 is 0 Å². The van der Waals surface area contributed by atoms with Crippen molar-refractivity contribution < 1.29 is 4.65 Å². The van der Waals surface area contributed by atoms with Crippen molar-refractivity contribution in [3.05, 3.63) is 11.5 Å². The van der Waals surface area contributed by atoms with Gasteiger partial charge in [-0.1, -0.05) is 78.7 Å². The van der Waals surface area contributed by atoms with E-state index in [-0.39, 0.29) is 18.3 Å². The summed E-state index contributed by atoms with van der Waals surface area (Å²) in [4.78, 5) is 0. The Kier molecular flexibility index (Phi) is 11.5. The zero-order valence-electron chi connectivity index (χ0n) is 17.0. The maximum absolute atomic E-state index is 6.36. The molecule has 0 atom stereocenters. The van der Waals surface area contributed by atoms with Gasteiger partial charge in [0.25, 0.3) is 0 Å². The van der Waals surface area contributed by atoms with Gasteiger partial charge in [-0.3, -0.25) is 0 Å². The first-order valence-electron chi connectivity index (χ1n) is 9.61. The first-order valence-corrected chi connectivity index (χ1v) is 9.61. The smallest absolute Gasteiger partial charge is 0.341 e. The average molecular weight is 318 g/mol. The van der Waals surface area contributed by atoms with Crippen LogP contribution in [0.15, 0.2) is 11.5 Å². The van der Waals surface area contributed by atoms with Gasteiger partial charge < -0.3 is 4.65 Å². The van der Waals surface area contributed by atoms with Gasteiger partial charge in [0.1, 0.15) is 0 Å². The Morgan fingerprint density at radius 1 is 1.09 bits per heavy atom. The third-order valence-corrected chi connectivity index (χ3v) is 4.66. The van der Waals surface area contributed by atoms with E-state index >= 15 is 0 Å². The van der Waals surface area contributed by atoms with Crippen LogP contribution in [0, 0.1) is 17.8 Å². The van der Waals surface area contributed by atoms with Crippen LogP contribution >= 0.6 is 0 Å². The summed E-state index contributed by atoms with van der Waals surface area (Å²) < 4.78 is 6.36. The predicted molar refractivity (Wildman–Crippen MR) is 106 cm³/mol. The quantitative estimate of drug-likeness (QED) is 0.248. The first kappa shape index (κ1) is 22.3. The number of unbranched alkanes of at least 4 members (excludes halogenated alkanes) is 4. The van der Waals surface area contributed by atoms with Gasteiger partial charge in [-0.2, -0.15) is 0 Å². The Labute approximate surface area is 146 Å². The van der Waals surface area contributed by atoms with Gasteiger partial charge in [0.15, 0.2) is 0 Å². The molecular formula is C21H39BO. The van der Waals surface area contributed by atoms with Gasteiger partial charge in [-0.05, 0) is 43.4 Å². The van der Waals surface area contributed by atoms with Crippen LogP contribution in [0.4, 0.5) is 0 Å². The number of allylic oxidation sites excluding steroid dienone is 2. The summed E-state index contributed by atoms with van der Waals surface area (Å²) in [6.45, 7) is 18.0. The molecule has 0 saturated carbocycles. The van der Waals surface area contributed by atoms with Gasteiger partial charge in [0, 0.05) is 12.5 Å². The zero-order valence-corrected chi connectivity index (χ0v) is 17.0. The van der Waals surface area contributed by atoms with Crippen molar-refractivity contribution in [2.24, 2.45) is 5.92 Å². The van der Waals surface area contributed by atoms with Crippen LogP contribution in [-0.4, -0.2) is 13.0 Å². The second kappa shape index (κ2) is 11.8. The molecule has 0 aromatic heterocycles. The van der Waals surface area contributed by atoms with Crippen LogP contribution in [0.25, 0.3) is 0 Å². The largest absolute Gasteiger partial charge is 0.428 e. The summed E-state index contributed by atoms with van der Waals surface area (Å²) in [6.07, 6.45) is 9.45. The molecule has 1 nitrogen and oxygen atoms in total. The highest BCUT2D eigenvalue weighted by Gasteiger charge is 2.40. The minimum atomic E-state index is 0.0712. The van der Waals surface area contributed by atoms with E-state index in [0.717, 1.165) is 12.8 Å². The van der Waals surface area contributed by atoms with Crippen LogP contribution in [0.3, 0.4) is 0 Å². The summed E-state index contributed by atoms with van der Waals surface area (Å²) in [5.74, 6) is 7.39. The highest BCUT2D eigenvalue weighted by atomic mass is 16.4. The maximum Gasteiger partial charge on any atom is 0.341 e. The molecule has 0 radical (unpaired) electrons. The lowest BCUT2D eigenvalue weighted by atomic mass is 9.39. The minimum absolute atomic E-state index is 0.0712. The van der Waals surface area contributed by atoms with Gasteiger partial charge in [-0.25, -0.2) is 0 Å². The van der Waals surface area contributed by atoms with E-state index in [4.69, 9.17) is 4.65 Å². The molecule has 0 fully saturated rings. The van der Waals surface area contributed by atoms with Gasteiger partial charge >= 0.3 is 6.92 Å². The molecule has 0 unspecified atom stereocenters. The fourth-order valence-corrected chi connectivity index (χ4v) is 2.34. The van der Waals surface area contributed by atoms with Crippen molar-refractivity contribution in [2.75, 3.05) is 0 Å². The SMILES string of the molecule is CCCCC#C/C(=C/CCCC)B(OC(C)C)C(C)(C)C(C)C. The van der Waals surface area contributed by atoms with Crippen molar-refractivity contribution in [3.8, 4) is 11.8 Å². The molecule has 0 spiro atoms. The highest BCUT2D eigenvalue weighted by molar-refractivity contribution is 6.65. The molecule has 0 amide bonds. The highest BCUT2D eigenvalue weighted by Crippen LogP contribution is 2.41. The topological polar surface area (TPSA) is 9.23 Å². The summed E-state index contributed by atoms with van der Waals surface area (Å²) in [6, 6.07) is 0. The van der Waals surface area contributed by atoms with Gasteiger partial charge in [0.2, 0.25) is 0 Å². The lowest BCUT2D eigenvalue weighted by Gasteiger charge is -2.36. The summed E-state index contributed by atoms with van der Waals surface area (Å²) in [7, 11) is 0. The van der Waals surface area contributed by atoms with Gasteiger partial charge in [0.05, 0.1) is 0 Å². The molecule has 2 heteroatoms. The van der Waals surface area contributed by atoms with E-state index in [9.17, 15) is 0 Å². The van der Waals surface area contributed by atoms with Crippen molar-refractivity contribution >= 4 is 6.92 Å². The number of hydrogen-bond donors (Lipinski definition) is 0. The molecule has 23 heavy (non-hydrogen) atoms. The first-order chi connectivity index (χ1) is 10.8. The Hall–Kier alpha value is -0.675. The fourth-order valence-electron chi connectivity index (χ4n) is 2.34. The Morgan fingerprint density at radius 2 is 1.70 bits per heavy atom. The summed E-state index contributed by atoms with van der Waals surface area (Å²) >= 11 is 0. The maximum atomic E-state index is 6.36. The number of rotatable bonds is 10. The Balaban J connectivity index is 5.50. The molecule has 0 heterocycles. The molecular weight excluding hydrogens is 279 g/mol. The van der Waals surface area contributed by atoms with Crippen molar-refractivity contribution in [1.29, 1.82) is 0 Å². The fraction of sp³-hybridized carbons (Fsp3) is 0.810. The lowest BCUT2D eigenvalue weighted by Crippen LogP contribution is -2.39. The van der Waals surface area contributed by atoms with E-state index in [1.165, 1.54) is 31.2 Å². The second-order valence-electron chi connectivity index (χ2n) is 7.75. The molecule has 0 aliphatic heterocycles. The van der Waals surface area contributed by atoms with Gasteiger partial charge in [-0.15, -0.1) is 0 Å². The lowest BCUT2D eigenvalue weighted by molar-refractivity contribution is 0.223. The zero-order chi connectivity index (χ0) is 17.9. The molecule has 0 N–H and O–H groups in total. The van der Waals surface area contributed by atoms with Crippen molar-refractivity contribution in [2.45, 2.75) is 105 Å². The van der Waals surface area contributed by atoms with Crippen molar-refractivity contribution in [3.63, 3.8) is 0 Å². The minimum Gasteiger partial charge on any atom is -0.428 e. The third-order valence-electron chi connectivity index (χ3n) is 4.66. The van der Waals surface area contributed by atoms with Crippen LogP contribution in [0.5, 0.6) is 0 Å². The molecule has 0 bridgehead atoms. The molecule has 0 aromatic carbocycles. The Morgan fingerprint density at radius 3 is 2.17 bits per heavy atom. The normalized spacial score (nSPS) is 12.5. The monoisotopic (exact) mass is 318 g/mol. The second-order valence-corrected chi connectivity index (χ2v) is 7.75. The van der Waals surface area contributed by atoms with Crippen LogP contribution in [0.1, 0.15) is 93.9 Å². The van der Waals surface area contributed by atoms with E-state index in [1.54, 1.807) is 0 Å². The molecule has 0 aliphatic carbocycles. The molecule has 0 aliphatic rings. The summed E-state index contributed by atoms with van der Waals surface area (Å²) in [5, 5.41) is 0.0712. The van der Waals surface area contributed by atoms with E-state index in [2.05, 4.69) is 73.3 Å². The van der Waals surface area contributed by atoms with Crippen LogP contribution in [0.2, 0.25) is 5.31 Å². The molecule has 0 saturated heterocycles. The molecule has 0 aromatic rings. The molecule has 0 rings (SSSR count). The van der Waals surface area contributed by atoms with E-state index in [1.807, 2.05) is 0 Å². The van der Waals surface area contributed by atoms with E-state index in [0.29, 0.717) is 5.92 Å².